The molecule has 1 unspecified atom stereocenters. The number of benzene rings is 1. The fraction of sp³-hybridized carbons (Fsp3) is 0.333. The van der Waals surface area contributed by atoms with Crippen molar-refractivity contribution in [1.29, 1.82) is 0 Å². The Kier molecular flexibility index (Phi) is 4.73. The summed E-state index contributed by atoms with van der Waals surface area (Å²) in [6, 6.07) is 9.11. The van der Waals surface area contributed by atoms with Crippen LogP contribution in [0.5, 0.6) is 0 Å². The number of carbonyl (C=O) groups is 2. The summed E-state index contributed by atoms with van der Waals surface area (Å²) in [6.07, 6.45) is 1.51. The number of amides is 1. The van der Waals surface area contributed by atoms with Gasteiger partial charge in [0.1, 0.15) is 11.8 Å². The fourth-order valence-corrected chi connectivity index (χ4v) is 2.97. The first kappa shape index (κ1) is 16.7. The van der Waals surface area contributed by atoms with Crippen molar-refractivity contribution < 1.29 is 14.3 Å². The average Bonchev–Trinajstić information content (AvgIpc) is 2.97. The Morgan fingerprint density at radius 3 is 2.58 bits per heavy atom. The van der Waals surface area contributed by atoms with Crippen LogP contribution in [0.3, 0.4) is 0 Å². The third-order valence-corrected chi connectivity index (χ3v) is 4.48. The van der Waals surface area contributed by atoms with E-state index in [0.29, 0.717) is 36.0 Å². The highest BCUT2D eigenvalue weighted by atomic mass is 35.5. The Balaban J connectivity index is 1.78. The second-order valence-electron chi connectivity index (χ2n) is 5.94. The largest absolute Gasteiger partial charge is 0.370 e. The minimum Gasteiger partial charge on any atom is -0.370 e. The number of hydrogen-bond donors (Lipinski definition) is 0. The number of rotatable bonds is 3. The van der Waals surface area contributed by atoms with E-state index in [1.54, 1.807) is 28.8 Å². The van der Waals surface area contributed by atoms with Crippen LogP contribution >= 0.6 is 11.6 Å². The number of Topliss-reactive ketones (excluding diaryl/α,β-unsaturated/α-hetero) is 1. The smallest absolute Gasteiger partial charge is 0.270 e. The molecule has 6 heteroatoms. The lowest BCUT2D eigenvalue weighted by molar-refractivity contribution is -0.0231. The number of halogens is 1. The van der Waals surface area contributed by atoms with Gasteiger partial charge in [0.15, 0.2) is 5.78 Å². The molecule has 1 aliphatic heterocycles. The molecule has 0 spiro atoms. The average molecular weight is 347 g/mol. The summed E-state index contributed by atoms with van der Waals surface area (Å²) >= 11 is 5.92. The minimum absolute atomic E-state index is 0.0503. The van der Waals surface area contributed by atoms with Crippen LogP contribution in [0, 0.1) is 0 Å². The first-order valence-electron chi connectivity index (χ1n) is 7.79. The van der Waals surface area contributed by atoms with E-state index in [0.717, 1.165) is 5.56 Å². The van der Waals surface area contributed by atoms with Gasteiger partial charge in [0.05, 0.1) is 13.2 Å². The third-order valence-electron chi connectivity index (χ3n) is 4.23. The zero-order valence-electron chi connectivity index (χ0n) is 13.7. The molecule has 1 atom stereocenters. The summed E-state index contributed by atoms with van der Waals surface area (Å²) in [5.41, 5.74) is 2.05. The SMILES string of the molecule is CC(=O)c1cc(C(=O)N2CCOC(c3ccc(Cl)cc3)C2)n(C)c1. The number of carbonyl (C=O) groups excluding carboxylic acids is 2. The van der Waals surface area contributed by atoms with Crippen LogP contribution in [0.15, 0.2) is 36.5 Å². The standard InChI is InChI=1S/C18H19ClN2O3/c1-12(22)14-9-16(20(2)10-14)18(23)21-7-8-24-17(11-21)13-3-5-15(19)6-4-13/h3-6,9-10,17H,7-8,11H2,1-2H3. The molecule has 5 nitrogen and oxygen atoms in total. The molecular weight excluding hydrogens is 328 g/mol. The van der Waals surface area contributed by atoms with Crippen molar-refractivity contribution in [3.63, 3.8) is 0 Å². The molecule has 1 aromatic carbocycles. The van der Waals surface area contributed by atoms with Gasteiger partial charge in [0, 0.05) is 30.4 Å². The highest BCUT2D eigenvalue weighted by molar-refractivity contribution is 6.30. The summed E-state index contributed by atoms with van der Waals surface area (Å²) in [4.78, 5) is 26.1. The van der Waals surface area contributed by atoms with Gasteiger partial charge in [0.25, 0.3) is 5.91 Å². The Hall–Kier alpha value is -2.11. The van der Waals surface area contributed by atoms with E-state index in [1.165, 1.54) is 6.92 Å². The number of nitrogens with zero attached hydrogens (tertiary/aromatic N) is 2. The molecule has 3 rings (SSSR count). The Morgan fingerprint density at radius 1 is 1.25 bits per heavy atom. The molecule has 126 valence electrons. The highest BCUT2D eigenvalue weighted by Gasteiger charge is 2.27. The molecule has 1 amide bonds. The monoisotopic (exact) mass is 346 g/mol. The molecule has 2 aromatic rings. The van der Waals surface area contributed by atoms with E-state index >= 15 is 0 Å². The maximum atomic E-state index is 12.8. The predicted molar refractivity (Wildman–Crippen MR) is 91.5 cm³/mol. The predicted octanol–water partition coefficient (Wildman–Crippen LogP) is 3.09. The molecule has 0 saturated carbocycles. The van der Waals surface area contributed by atoms with Gasteiger partial charge in [-0.3, -0.25) is 9.59 Å². The Labute approximate surface area is 145 Å². The zero-order valence-corrected chi connectivity index (χ0v) is 14.4. The number of aromatic nitrogens is 1. The fourth-order valence-electron chi connectivity index (χ4n) is 2.84. The van der Waals surface area contributed by atoms with E-state index in [-0.39, 0.29) is 17.8 Å². The first-order valence-corrected chi connectivity index (χ1v) is 8.17. The van der Waals surface area contributed by atoms with Crippen LogP contribution in [0.25, 0.3) is 0 Å². The van der Waals surface area contributed by atoms with Crippen LogP contribution in [-0.2, 0) is 11.8 Å². The topological polar surface area (TPSA) is 51.5 Å². The summed E-state index contributed by atoms with van der Waals surface area (Å²) in [7, 11) is 1.77. The van der Waals surface area contributed by atoms with Crippen LogP contribution in [0.4, 0.5) is 0 Å². The van der Waals surface area contributed by atoms with Gasteiger partial charge in [-0.1, -0.05) is 23.7 Å². The lowest BCUT2D eigenvalue weighted by Gasteiger charge is -2.33. The zero-order chi connectivity index (χ0) is 17.3. The van der Waals surface area contributed by atoms with Gasteiger partial charge in [-0.2, -0.15) is 0 Å². The molecule has 0 aliphatic carbocycles. The summed E-state index contributed by atoms with van der Waals surface area (Å²) in [6.45, 7) is 2.97. The molecule has 24 heavy (non-hydrogen) atoms. The van der Waals surface area contributed by atoms with Gasteiger partial charge in [-0.15, -0.1) is 0 Å². The van der Waals surface area contributed by atoms with Crippen LogP contribution < -0.4 is 0 Å². The number of aryl methyl sites for hydroxylation is 1. The van der Waals surface area contributed by atoms with Crippen LogP contribution in [0.2, 0.25) is 5.02 Å². The summed E-state index contributed by atoms with van der Waals surface area (Å²) in [5, 5.41) is 0.670. The molecule has 1 aliphatic rings. The van der Waals surface area contributed by atoms with Crippen molar-refractivity contribution in [1.82, 2.24) is 9.47 Å². The van der Waals surface area contributed by atoms with E-state index < -0.39 is 0 Å². The minimum atomic E-state index is -0.174. The quantitative estimate of drug-likeness (QED) is 0.802. The van der Waals surface area contributed by atoms with Crippen molar-refractivity contribution in [2.45, 2.75) is 13.0 Å². The van der Waals surface area contributed by atoms with Crippen molar-refractivity contribution in [2.75, 3.05) is 19.7 Å². The number of hydrogen-bond acceptors (Lipinski definition) is 3. The molecule has 1 fully saturated rings. The van der Waals surface area contributed by atoms with Crippen molar-refractivity contribution in [3.05, 3.63) is 58.4 Å². The summed E-state index contributed by atoms with van der Waals surface area (Å²) < 4.78 is 7.50. The number of ether oxygens (including phenoxy) is 1. The second kappa shape index (κ2) is 6.79. The van der Waals surface area contributed by atoms with Gasteiger partial charge >= 0.3 is 0 Å². The van der Waals surface area contributed by atoms with Gasteiger partial charge in [-0.25, -0.2) is 0 Å². The lowest BCUT2D eigenvalue weighted by atomic mass is 10.1. The Morgan fingerprint density at radius 2 is 1.96 bits per heavy atom. The van der Waals surface area contributed by atoms with Gasteiger partial charge in [0.2, 0.25) is 0 Å². The highest BCUT2D eigenvalue weighted by Crippen LogP contribution is 2.25. The van der Waals surface area contributed by atoms with E-state index in [9.17, 15) is 9.59 Å². The molecule has 2 heterocycles. The molecular formula is C18H19ClN2O3. The van der Waals surface area contributed by atoms with E-state index in [1.807, 2.05) is 24.3 Å². The molecule has 0 radical (unpaired) electrons. The molecule has 1 saturated heterocycles. The maximum absolute atomic E-state index is 12.8. The normalized spacial score (nSPS) is 17.8. The third kappa shape index (κ3) is 3.37. The van der Waals surface area contributed by atoms with Crippen molar-refractivity contribution in [3.8, 4) is 0 Å². The van der Waals surface area contributed by atoms with Gasteiger partial charge in [-0.05, 0) is 30.7 Å². The van der Waals surface area contributed by atoms with Crippen molar-refractivity contribution in [2.24, 2.45) is 7.05 Å². The molecule has 1 aromatic heterocycles. The number of morpholine rings is 1. The van der Waals surface area contributed by atoms with Gasteiger partial charge < -0.3 is 14.2 Å². The van der Waals surface area contributed by atoms with Crippen LogP contribution in [0.1, 0.15) is 39.4 Å². The van der Waals surface area contributed by atoms with E-state index in [2.05, 4.69) is 0 Å². The lowest BCUT2D eigenvalue weighted by Crippen LogP contribution is -2.42. The first-order chi connectivity index (χ1) is 11.5. The van der Waals surface area contributed by atoms with Crippen LogP contribution in [-0.4, -0.2) is 40.9 Å². The summed E-state index contributed by atoms with van der Waals surface area (Å²) in [5.74, 6) is -0.141. The van der Waals surface area contributed by atoms with E-state index in [4.69, 9.17) is 16.3 Å². The molecule has 0 N–H and O–H groups in total. The number of ketones is 1. The Bertz CT molecular complexity index is 767. The second-order valence-corrected chi connectivity index (χ2v) is 6.38. The maximum Gasteiger partial charge on any atom is 0.270 e. The van der Waals surface area contributed by atoms with Crippen molar-refractivity contribution >= 4 is 23.3 Å². The molecule has 0 bridgehead atoms.